The molecular formula is C23H27N3O2. The molecule has 1 N–H and O–H groups in total. The maximum absolute atomic E-state index is 12.7. The first-order valence-corrected chi connectivity index (χ1v) is 9.92. The van der Waals surface area contributed by atoms with E-state index in [1.807, 2.05) is 36.4 Å². The Kier molecular flexibility index (Phi) is 4.84. The molecule has 0 atom stereocenters. The van der Waals surface area contributed by atoms with Gasteiger partial charge >= 0.3 is 0 Å². The highest BCUT2D eigenvalue weighted by molar-refractivity contribution is 5.92. The lowest BCUT2D eigenvalue weighted by Crippen LogP contribution is -2.38. The number of anilines is 2. The normalized spacial score (nSPS) is 15.8. The third kappa shape index (κ3) is 3.88. The van der Waals surface area contributed by atoms with Gasteiger partial charge in [-0.1, -0.05) is 45.0 Å². The zero-order chi connectivity index (χ0) is 19.7. The van der Waals surface area contributed by atoms with Gasteiger partial charge in [0.25, 0.3) is 6.01 Å². The molecule has 0 saturated carbocycles. The van der Waals surface area contributed by atoms with E-state index in [1.54, 1.807) is 0 Å². The molecule has 1 aliphatic rings. The first kappa shape index (κ1) is 18.5. The van der Waals surface area contributed by atoms with E-state index in [1.165, 1.54) is 5.56 Å². The number of nitrogens with zero attached hydrogens (tertiary/aromatic N) is 2. The molecule has 1 saturated heterocycles. The summed E-state index contributed by atoms with van der Waals surface area (Å²) in [5.74, 6) is 0.114. The number of hydrogen-bond donors (Lipinski definition) is 1. The third-order valence-electron chi connectivity index (χ3n) is 5.44. The number of benzene rings is 2. The molecule has 4 rings (SSSR count). The summed E-state index contributed by atoms with van der Waals surface area (Å²) in [6.07, 6.45) is 1.59. The highest BCUT2D eigenvalue weighted by atomic mass is 16.4. The number of carbonyl (C=O) groups is 1. The molecule has 146 valence electrons. The van der Waals surface area contributed by atoms with Crippen LogP contribution in [-0.4, -0.2) is 24.0 Å². The molecule has 0 bridgehead atoms. The molecule has 0 spiro atoms. The van der Waals surface area contributed by atoms with Crippen molar-refractivity contribution in [2.24, 2.45) is 5.92 Å². The van der Waals surface area contributed by atoms with Crippen LogP contribution in [0.25, 0.3) is 11.1 Å². The van der Waals surface area contributed by atoms with E-state index in [9.17, 15) is 4.79 Å². The number of hydrogen-bond acceptors (Lipinski definition) is 4. The number of rotatable bonds is 3. The average molecular weight is 377 g/mol. The number of aromatic nitrogens is 1. The van der Waals surface area contributed by atoms with Crippen molar-refractivity contribution in [1.82, 2.24) is 4.98 Å². The highest BCUT2D eigenvalue weighted by Gasteiger charge is 2.27. The summed E-state index contributed by atoms with van der Waals surface area (Å²) in [6, 6.07) is 16.6. The van der Waals surface area contributed by atoms with Crippen molar-refractivity contribution < 1.29 is 9.21 Å². The van der Waals surface area contributed by atoms with E-state index in [0.717, 1.165) is 42.7 Å². The molecule has 2 heterocycles. The molecule has 0 unspecified atom stereocenters. The van der Waals surface area contributed by atoms with Gasteiger partial charge in [-0.15, -0.1) is 0 Å². The Hall–Kier alpha value is -2.82. The lowest BCUT2D eigenvalue weighted by molar-refractivity contribution is -0.120. The van der Waals surface area contributed by atoms with Crippen molar-refractivity contribution in [3.8, 4) is 0 Å². The van der Waals surface area contributed by atoms with Gasteiger partial charge in [0.05, 0.1) is 0 Å². The number of oxazole rings is 1. The third-order valence-corrected chi connectivity index (χ3v) is 5.44. The fourth-order valence-corrected chi connectivity index (χ4v) is 3.63. The van der Waals surface area contributed by atoms with Gasteiger partial charge in [0, 0.05) is 24.7 Å². The van der Waals surface area contributed by atoms with Gasteiger partial charge in [0.2, 0.25) is 5.91 Å². The topological polar surface area (TPSA) is 58.4 Å². The van der Waals surface area contributed by atoms with Gasteiger partial charge in [-0.05, 0) is 48.1 Å². The van der Waals surface area contributed by atoms with Gasteiger partial charge in [-0.2, -0.15) is 4.98 Å². The van der Waals surface area contributed by atoms with Gasteiger partial charge in [-0.25, -0.2) is 0 Å². The Morgan fingerprint density at radius 1 is 1.07 bits per heavy atom. The zero-order valence-corrected chi connectivity index (χ0v) is 16.7. The number of para-hydroxylation sites is 2. The van der Waals surface area contributed by atoms with Gasteiger partial charge in [-0.3, -0.25) is 4.79 Å². The van der Waals surface area contributed by atoms with Crippen LogP contribution in [0.2, 0.25) is 0 Å². The average Bonchev–Trinajstić information content (AvgIpc) is 3.12. The molecule has 1 aliphatic heterocycles. The Morgan fingerprint density at radius 3 is 2.39 bits per heavy atom. The van der Waals surface area contributed by atoms with E-state index in [0.29, 0.717) is 6.01 Å². The zero-order valence-electron chi connectivity index (χ0n) is 16.7. The van der Waals surface area contributed by atoms with Gasteiger partial charge < -0.3 is 14.6 Å². The fourth-order valence-electron chi connectivity index (χ4n) is 3.63. The van der Waals surface area contributed by atoms with Crippen LogP contribution in [0.4, 0.5) is 11.7 Å². The lowest BCUT2D eigenvalue weighted by atomic mass is 9.87. The van der Waals surface area contributed by atoms with Gasteiger partial charge in [0.1, 0.15) is 5.52 Å². The Bertz CT molecular complexity index is 928. The van der Waals surface area contributed by atoms with E-state index in [2.05, 4.69) is 48.1 Å². The quantitative estimate of drug-likeness (QED) is 0.699. The number of carbonyl (C=O) groups excluding carboxylic acids is 1. The van der Waals surface area contributed by atoms with Crippen LogP contribution >= 0.6 is 0 Å². The SMILES string of the molecule is CC(C)(C)c1ccc(NC(=O)C2CCN(c3nc4ccccc4o3)CC2)cc1. The molecule has 0 radical (unpaired) electrons. The van der Waals surface area contributed by atoms with Crippen LogP contribution in [0.15, 0.2) is 52.9 Å². The molecule has 5 heteroatoms. The van der Waals surface area contributed by atoms with Crippen LogP contribution in [-0.2, 0) is 10.2 Å². The summed E-state index contributed by atoms with van der Waals surface area (Å²) < 4.78 is 5.85. The minimum absolute atomic E-state index is 0.0166. The highest BCUT2D eigenvalue weighted by Crippen LogP contribution is 2.27. The smallest absolute Gasteiger partial charge is 0.298 e. The van der Waals surface area contributed by atoms with Gasteiger partial charge in [0.15, 0.2) is 5.58 Å². The van der Waals surface area contributed by atoms with Crippen LogP contribution in [0.3, 0.4) is 0 Å². The minimum atomic E-state index is 0.0166. The second-order valence-electron chi connectivity index (χ2n) is 8.54. The summed E-state index contributed by atoms with van der Waals surface area (Å²) in [5.41, 5.74) is 3.91. The Balaban J connectivity index is 1.35. The largest absolute Gasteiger partial charge is 0.423 e. The first-order chi connectivity index (χ1) is 13.4. The van der Waals surface area contributed by atoms with E-state index in [-0.39, 0.29) is 17.2 Å². The number of piperidine rings is 1. The second kappa shape index (κ2) is 7.30. The fraction of sp³-hybridized carbons (Fsp3) is 0.391. The molecule has 1 aromatic heterocycles. The summed E-state index contributed by atoms with van der Waals surface area (Å²) >= 11 is 0. The minimum Gasteiger partial charge on any atom is -0.423 e. The van der Waals surface area contributed by atoms with Crippen molar-refractivity contribution in [2.45, 2.75) is 39.0 Å². The molecular weight excluding hydrogens is 350 g/mol. The summed E-state index contributed by atoms with van der Waals surface area (Å²) in [6.45, 7) is 8.10. The number of fused-ring (bicyclic) bond motifs is 1. The molecule has 2 aromatic carbocycles. The predicted octanol–water partition coefficient (Wildman–Crippen LogP) is 4.98. The molecule has 28 heavy (non-hydrogen) atoms. The predicted molar refractivity (Wildman–Crippen MR) is 113 cm³/mol. The van der Waals surface area contributed by atoms with Crippen LogP contribution in [0.5, 0.6) is 0 Å². The molecule has 5 nitrogen and oxygen atoms in total. The van der Waals surface area contributed by atoms with Crippen molar-refractivity contribution in [3.63, 3.8) is 0 Å². The van der Waals surface area contributed by atoms with Crippen LogP contribution < -0.4 is 10.2 Å². The van der Waals surface area contributed by atoms with Crippen LogP contribution in [0.1, 0.15) is 39.2 Å². The Labute approximate surface area is 165 Å². The number of nitrogens with one attached hydrogen (secondary N) is 1. The van der Waals surface area contributed by atoms with Crippen LogP contribution in [0, 0.1) is 5.92 Å². The molecule has 3 aromatic rings. The maximum Gasteiger partial charge on any atom is 0.298 e. The summed E-state index contributed by atoms with van der Waals surface area (Å²) in [7, 11) is 0. The monoisotopic (exact) mass is 377 g/mol. The molecule has 0 aliphatic carbocycles. The van der Waals surface area contributed by atoms with Crippen molar-refractivity contribution >= 4 is 28.7 Å². The van der Waals surface area contributed by atoms with E-state index < -0.39 is 0 Å². The summed E-state index contributed by atoms with van der Waals surface area (Å²) in [4.78, 5) is 19.4. The maximum atomic E-state index is 12.7. The lowest BCUT2D eigenvalue weighted by Gasteiger charge is -2.30. The van der Waals surface area contributed by atoms with Crippen molar-refractivity contribution in [1.29, 1.82) is 0 Å². The number of amides is 1. The molecule has 1 fully saturated rings. The Morgan fingerprint density at radius 2 is 1.75 bits per heavy atom. The summed E-state index contributed by atoms with van der Waals surface area (Å²) in [5, 5.41) is 3.07. The van der Waals surface area contributed by atoms with Crippen molar-refractivity contribution in [2.75, 3.05) is 23.3 Å². The molecule has 1 amide bonds. The van der Waals surface area contributed by atoms with E-state index in [4.69, 9.17) is 4.42 Å². The van der Waals surface area contributed by atoms with Crippen molar-refractivity contribution in [3.05, 3.63) is 54.1 Å². The standard InChI is InChI=1S/C23H27N3O2/c1-23(2,3)17-8-10-18(11-9-17)24-21(27)16-12-14-26(15-13-16)22-25-19-6-4-5-7-20(19)28-22/h4-11,16H,12-15H2,1-3H3,(H,24,27). The van der Waals surface area contributed by atoms with E-state index >= 15 is 0 Å². The first-order valence-electron chi connectivity index (χ1n) is 9.92. The second-order valence-corrected chi connectivity index (χ2v) is 8.54.